The lowest BCUT2D eigenvalue weighted by Crippen LogP contribution is -2.53. The molecule has 0 spiro atoms. The van der Waals surface area contributed by atoms with Crippen LogP contribution < -0.4 is 9.62 Å². The molecular weight excluding hydrogens is 464 g/mol. The van der Waals surface area contributed by atoms with E-state index in [1.54, 1.807) is 37.3 Å². The molecule has 0 heterocycles. The third-order valence-electron chi connectivity index (χ3n) is 6.37. The van der Waals surface area contributed by atoms with Crippen LogP contribution in [-0.4, -0.2) is 62.2 Å². The van der Waals surface area contributed by atoms with Crippen LogP contribution in [-0.2, 0) is 26.3 Å². The van der Waals surface area contributed by atoms with Gasteiger partial charge in [0.1, 0.15) is 12.6 Å². The highest BCUT2D eigenvalue weighted by Gasteiger charge is 2.33. The Hall–Kier alpha value is -2.91. The average molecular weight is 501 g/mol. The van der Waals surface area contributed by atoms with Crippen molar-refractivity contribution in [1.82, 2.24) is 14.5 Å². The van der Waals surface area contributed by atoms with Gasteiger partial charge in [-0.25, -0.2) is 4.31 Å². The smallest absolute Gasteiger partial charge is 0.304 e. The second kappa shape index (κ2) is 11.7. The predicted octanol–water partition coefficient (Wildman–Crippen LogP) is 3.08. The molecule has 1 saturated carbocycles. The Morgan fingerprint density at radius 3 is 2.29 bits per heavy atom. The lowest BCUT2D eigenvalue weighted by molar-refractivity contribution is -0.139. The van der Waals surface area contributed by atoms with E-state index in [9.17, 15) is 18.0 Å². The number of hydrogen-bond donors (Lipinski definition) is 1. The molecule has 190 valence electrons. The van der Waals surface area contributed by atoms with Crippen molar-refractivity contribution in [2.45, 2.75) is 58.2 Å². The van der Waals surface area contributed by atoms with Gasteiger partial charge >= 0.3 is 10.2 Å². The Morgan fingerprint density at radius 1 is 1.03 bits per heavy atom. The van der Waals surface area contributed by atoms with E-state index >= 15 is 0 Å². The van der Waals surface area contributed by atoms with Gasteiger partial charge in [0.05, 0.1) is 5.69 Å². The summed E-state index contributed by atoms with van der Waals surface area (Å²) in [4.78, 5) is 28.3. The van der Waals surface area contributed by atoms with Crippen LogP contribution in [0.1, 0.15) is 43.7 Å². The zero-order chi connectivity index (χ0) is 25.6. The van der Waals surface area contributed by atoms with E-state index in [1.807, 2.05) is 31.2 Å². The molecule has 0 bridgehead atoms. The number of anilines is 1. The summed E-state index contributed by atoms with van der Waals surface area (Å²) in [5.74, 6) is -0.672. The number of nitrogens with one attached hydrogen (secondary N) is 1. The molecule has 1 aliphatic carbocycles. The maximum Gasteiger partial charge on any atom is 0.304 e. The molecule has 0 saturated heterocycles. The molecule has 8 nitrogen and oxygen atoms in total. The molecule has 1 aliphatic rings. The van der Waals surface area contributed by atoms with E-state index in [4.69, 9.17) is 0 Å². The first-order chi connectivity index (χ1) is 16.6. The number of benzene rings is 2. The van der Waals surface area contributed by atoms with Gasteiger partial charge in [0.2, 0.25) is 11.8 Å². The van der Waals surface area contributed by atoms with E-state index in [0.29, 0.717) is 5.69 Å². The number of para-hydroxylation sites is 1. The maximum atomic E-state index is 13.7. The van der Waals surface area contributed by atoms with Crippen molar-refractivity contribution in [3.63, 3.8) is 0 Å². The average Bonchev–Trinajstić information content (AvgIpc) is 3.33. The van der Waals surface area contributed by atoms with E-state index in [2.05, 4.69) is 5.32 Å². The van der Waals surface area contributed by atoms with Crippen molar-refractivity contribution in [3.05, 3.63) is 65.7 Å². The van der Waals surface area contributed by atoms with Crippen molar-refractivity contribution in [2.75, 3.05) is 24.9 Å². The van der Waals surface area contributed by atoms with Crippen molar-refractivity contribution >= 4 is 27.7 Å². The van der Waals surface area contributed by atoms with Crippen LogP contribution in [0.4, 0.5) is 5.69 Å². The Morgan fingerprint density at radius 2 is 1.69 bits per heavy atom. The SMILES string of the molecule is Cc1cccc(CN(C(=O)CN(c2ccccc2)S(=O)(=O)N(C)C)[C@@H](C)C(=O)NC2CCCC2)c1. The fourth-order valence-corrected chi connectivity index (χ4v) is 5.35. The molecule has 2 aromatic carbocycles. The highest BCUT2D eigenvalue weighted by atomic mass is 32.2. The van der Waals surface area contributed by atoms with Crippen LogP contribution >= 0.6 is 0 Å². The standard InChI is InChI=1S/C26H36N4O4S/c1-20-11-10-12-22(17-20)18-29(21(2)26(32)27-23-13-8-9-14-23)25(31)19-30(35(33,34)28(3)4)24-15-6-5-7-16-24/h5-7,10-12,15-17,21,23H,8-9,13-14,18-19H2,1-4H3,(H,27,32)/t21-/m0/s1. The van der Waals surface area contributed by atoms with Gasteiger partial charge in [-0.15, -0.1) is 0 Å². The third kappa shape index (κ3) is 6.82. The van der Waals surface area contributed by atoms with Gasteiger partial charge < -0.3 is 10.2 Å². The fraction of sp³-hybridized carbons (Fsp3) is 0.462. The number of carbonyl (C=O) groups excluding carboxylic acids is 2. The molecule has 0 radical (unpaired) electrons. The van der Waals surface area contributed by atoms with Crippen molar-refractivity contribution < 1.29 is 18.0 Å². The van der Waals surface area contributed by atoms with E-state index < -0.39 is 28.7 Å². The second-order valence-electron chi connectivity index (χ2n) is 9.31. The summed E-state index contributed by atoms with van der Waals surface area (Å²) in [5, 5.41) is 3.07. The molecular formula is C26H36N4O4S. The number of nitrogens with zero attached hydrogens (tertiary/aromatic N) is 3. The molecule has 3 rings (SSSR count). The first kappa shape index (κ1) is 26.7. The Bertz CT molecular complexity index is 1120. The van der Waals surface area contributed by atoms with Gasteiger partial charge in [-0.1, -0.05) is 60.9 Å². The minimum Gasteiger partial charge on any atom is -0.352 e. The zero-order valence-corrected chi connectivity index (χ0v) is 21.8. The summed E-state index contributed by atoms with van der Waals surface area (Å²) >= 11 is 0. The normalized spacial score (nSPS) is 15.1. The summed E-state index contributed by atoms with van der Waals surface area (Å²) in [7, 11) is -1.09. The summed E-state index contributed by atoms with van der Waals surface area (Å²) in [6.45, 7) is 3.44. The Balaban J connectivity index is 1.90. The van der Waals surface area contributed by atoms with E-state index in [-0.39, 0.29) is 18.5 Å². The van der Waals surface area contributed by atoms with Gasteiger partial charge in [0.15, 0.2) is 0 Å². The van der Waals surface area contributed by atoms with Crippen LogP contribution in [0, 0.1) is 6.92 Å². The van der Waals surface area contributed by atoms with E-state index in [1.165, 1.54) is 19.0 Å². The largest absolute Gasteiger partial charge is 0.352 e. The van der Waals surface area contributed by atoms with Gasteiger partial charge in [-0.3, -0.25) is 9.59 Å². The monoisotopic (exact) mass is 500 g/mol. The molecule has 1 atom stereocenters. The Kier molecular flexibility index (Phi) is 8.91. The number of carbonyl (C=O) groups is 2. The molecule has 2 amide bonds. The van der Waals surface area contributed by atoms with Gasteiger partial charge in [-0.2, -0.15) is 12.7 Å². The number of aryl methyl sites for hydroxylation is 1. The zero-order valence-electron chi connectivity index (χ0n) is 21.0. The second-order valence-corrected chi connectivity index (χ2v) is 11.4. The molecule has 0 unspecified atom stereocenters. The Labute approximate surface area is 209 Å². The molecule has 0 aromatic heterocycles. The highest BCUT2D eigenvalue weighted by Crippen LogP contribution is 2.21. The van der Waals surface area contributed by atoms with Crippen LogP contribution in [0.5, 0.6) is 0 Å². The molecule has 0 aliphatic heterocycles. The lowest BCUT2D eigenvalue weighted by Gasteiger charge is -2.33. The summed E-state index contributed by atoms with van der Waals surface area (Å²) < 4.78 is 28.4. The van der Waals surface area contributed by atoms with Gasteiger partial charge in [0.25, 0.3) is 0 Å². The van der Waals surface area contributed by atoms with Crippen LogP contribution in [0.25, 0.3) is 0 Å². The molecule has 2 aromatic rings. The highest BCUT2D eigenvalue weighted by molar-refractivity contribution is 7.90. The van der Waals surface area contributed by atoms with Crippen LogP contribution in [0.2, 0.25) is 0 Å². The maximum absolute atomic E-state index is 13.7. The van der Waals surface area contributed by atoms with Crippen LogP contribution in [0.15, 0.2) is 54.6 Å². The van der Waals surface area contributed by atoms with E-state index in [0.717, 1.165) is 45.4 Å². The van der Waals surface area contributed by atoms with Crippen LogP contribution in [0.3, 0.4) is 0 Å². The molecule has 1 N–H and O–H groups in total. The predicted molar refractivity (Wildman–Crippen MR) is 138 cm³/mol. The number of rotatable bonds is 10. The topological polar surface area (TPSA) is 90.0 Å². The molecule has 9 heteroatoms. The fourth-order valence-electron chi connectivity index (χ4n) is 4.29. The van der Waals surface area contributed by atoms with Crippen molar-refractivity contribution in [2.24, 2.45) is 0 Å². The molecule has 1 fully saturated rings. The third-order valence-corrected chi connectivity index (χ3v) is 8.19. The lowest BCUT2D eigenvalue weighted by atomic mass is 10.1. The first-order valence-electron chi connectivity index (χ1n) is 12.0. The summed E-state index contributed by atoms with van der Waals surface area (Å²) in [6.07, 6.45) is 4.04. The summed E-state index contributed by atoms with van der Waals surface area (Å²) in [6, 6.07) is 15.6. The number of amides is 2. The summed E-state index contributed by atoms with van der Waals surface area (Å²) in [5.41, 5.74) is 2.30. The quantitative estimate of drug-likeness (QED) is 0.543. The van der Waals surface area contributed by atoms with Crippen molar-refractivity contribution in [1.29, 1.82) is 0 Å². The minimum atomic E-state index is -3.95. The van der Waals surface area contributed by atoms with Crippen molar-refractivity contribution in [3.8, 4) is 0 Å². The molecule has 35 heavy (non-hydrogen) atoms. The first-order valence-corrected chi connectivity index (χ1v) is 13.4. The number of hydrogen-bond acceptors (Lipinski definition) is 4. The van der Waals surface area contributed by atoms with Gasteiger partial charge in [-0.05, 0) is 44.4 Å². The van der Waals surface area contributed by atoms with Gasteiger partial charge in [0, 0.05) is 26.7 Å². The minimum absolute atomic E-state index is 0.121.